The van der Waals surface area contributed by atoms with Gasteiger partial charge < -0.3 is 10.0 Å². The Morgan fingerprint density at radius 3 is 2.36 bits per heavy atom. The van der Waals surface area contributed by atoms with Gasteiger partial charge in [0.2, 0.25) is 0 Å². The Balaban J connectivity index is 2.81. The van der Waals surface area contributed by atoms with E-state index in [4.69, 9.17) is 5.11 Å². The molecule has 0 unspecified atom stereocenters. The molecule has 0 amide bonds. The van der Waals surface area contributed by atoms with Crippen molar-refractivity contribution in [3.05, 3.63) is 30.1 Å². The highest BCUT2D eigenvalue weighted by atomic mass is 19.1. The third kappa shape index (κ3) is 1.91. The predicted octanol–water partition coefficient (Wildman–Crippen LogP) is 1.21. The first kappa shape index (κ1) is 8.01. The van der Waals surface area contributed by atoms with E-state index in [1.807, 2.05) is 0 Å². The molecular formula is C8H10FNO. The minimum atomic E-state index is -0.264. The summed E-state index contributed by atoms with van der Waals surface area (Å²) in [6, 6.07) is 5.96. The van der Waals surface area contributed by atoms with Gasteiger partial charge in [-0.3, -0.25) is 0 Å². The molecule has 60 valence electrons. The normalized spacial score (nSPS) is 9.73. The van der Waals surface area contributed by atoms with Crippen molar-refractivity contribution in [2.45, 2.75) is 0 Å². The largest absolute Gasteiger partial charge is 0.376 e. The molecule has 0 radical (unpaired) electrons. The summed E-state index contributed by atoms with van der Waals surface area (Å²) in [7, 11) is 1.73. The van der Waals surface area contributed by atoms with Crippen LogP contribution in [0.25, 0.3) is 0 Å². The molecule has 0 fully saturated rings. The standard InChI is InChI=1S/C8H10FNO/c1-10(6-11)8-4-2-7(9)3-5-8/h2-5,11H,6H2,1H3. The molecule has 0 heterocycles. The van der Waals surface area contributed by atoms with Crippen LogP contribution in [0.15, 0.2) is 24.3 Å². The molecule has 0 aliphatic rings. The maximum Gasteiger partial charge on any atom is 0.123 e. The molecule has 1 aromatic rings. The third-order valence-electron chi connectivity index (χ3n) is 1.48. The number of aliphatic hydroxyl groups excluding tert-OH is 1. The molecule has 3 heteroatoms. The van der Waals surface area contributed by atoms with E-state index in [0.29, 0.717) is 0 Å². The molecular weight excluding hydrogens is 145 g/mol. The van der Waals surface area contributed by atoms with Crippen molar-refractivity contribution in [1.29, 1.82) is 0 Å². The average Bonchev–Trinajstić information content (AvgIpc) is 2.05. The van der Waals surface area contributed by atoms with Crippen LogP contribution in [0.4, 0.5) is 10.1 Å². The molecule has 0 saturated carbocycles. The van der Waals surface area contributed by atoms with Gasteiger partial charge in [0.05, 0.1) is 0 Å². The van der Waals surface area contributed by atoms with Crippen LogP contribution in [-0.2, 0) is 0 Å². The summed E-state index contributed by atoms with van der Waals surface area (Å²) in [5.41, 5.74) is 0.800. The lowest BCUT2D eigenvalue weighted by Gasteiger charge is -2.14. The van der Waals surface area contributed by atoms with Crippen molar-refractivity contribution in [1.82, 2.24) is 0 Å². The molecule has 0 aliphatic heterocycles. The van der Waals surface area contributed by atoms with E-state index in [0.717, 1.165) is 5.69 Å². The average molecular weight is 155 g/mol. The summed E-state index contributed by atoms with van der Waals surface area (Å²) in [4.78, 5) is 1.61. The highest BCUT2D eigenvalue weighted by Crippen LogP contribution is 2.11. The van der Waals surface area contributed by atoms with Gasteiger partial charge >= 0.3 is 0 Å². The lowest BCUT2D eigenvalue weighted by atomic mass is 10.3. The van der Waals surface area contributed by atoms with E-state index in [9.17, 15) is 4.39 Å². The molecule has 1 aromatic carbocycles. The van der Waals surface area contributed by atoms with Gasteiger partial charge in [-0.1, -0.05) is 0 Å². The van der Waals surface area contributed by atoms with Gasteiger partial charge in [-0.05, 0) is 24.3 Å². The van der Waals surface area contributed by atoms with E-state index >= 15 is 0 Å². The van der Waals surface area contributed by atoms with Crippen molar-refractivity contribution < 1.29 is 9.50 Å². The fraction of sp³-hybridized carbons (Fsp3) is 0.250. The predicted molar refractivity (Wildman–Crippen MR) is 41.9 cm³/mol. The van der Waals surface area contributed by atoms with Crippen LogP contribution in [0.2, 0.25) is 0 Å². The number of rotatable bonds is 2. The molecule has 0 spiro atoms. The first-order valence-electron chi connectivity index (χ1n) is 3.31. The van der Waals surface area contributed by atoms with Gasteiger partial charge in [0.15, 0.2) is 0 Å². The van der Waals surface area contributed by atoms with Crippen LogP contribution < -0.4 is 4.90 Å². The SMILES string of the molecule is CN(CO)c1ccc(F)cc1. The second-order valence-electron chi connectivity index (χ2n) is 2.32. The third-order valence-corrected chi connectivity index (χ3v) is 1.48. The first-order valence-corrected chi connectivity index (χ1v) is 3.31. The van der Waals surface area contributed by atoms with E-state index < -0.39 is 0 Å². The van der Waals surface area contributed by atoms with E-state index in [2.05, 4.69) is 0 Å². The quantitative estimate of drug-likeness (QED) is 0.649. The molecule has 1 rings (SSSR count). The number of hydrogen-bond acceptors (Lipinski definition) is 2. The highest BCUT2D eigenvalue weighted by Gasteiger charge is 1.96. The van der Waals surface area contributed by atoms with Crippen LogP contribution >= 0.6 is 0 Å². The second kappa shape index (κ2) is 3.34. The van der Waals surface area contributed by atoms with Gasteiger partial charge in [0.25, 0.3) is 0 Å². The topological polar surface area (TPSA) is 23.5 Å². The van der Waals surface area contributed by atoms with Crippen molar-refractivity contribution in [3.8, 4) is 0 Å². The van der Waals surface area contributed by atoms with Crippen LogP contribution in [0.1, 0.15) is 0 Å². The Bertz CT molecular complexity index is 222. The number of anilines is 1. The van der Waals surface area contributed by atoms with Crippen molar-refractivity contribution in [2.75, 3.05) is 18.7 Å². The lowest BCUT2D eigenvalue weighted by Crippen LogP contribution is -2.17. The Hall–Kier alpha value is -1.09. The van der Waals surface area contributed by atoms with Gasteiger partial charge in [0.1, 0.15) is 12.5 Å². The van der Waals surface area contributed by atoms with Crippen LogP contribution in [0, 0.1) is 5.82 Å². The zero-order valence-electron chi connectivity index (χ0n) is 6.29. The maximum absolute atomic E-state index is 12.4. The van der Waals surface area contributed by atoms with Gasteiger partial charge in [0, 0.05) is 12.7 Å². The highest BCUT2D eigenvalue weighted by molar-refractivity contribution is 5.44. The summed E-state index contributed by atoms with van der Waals surface area (Å²) < 4.78 is 12.4. The summed E-state index contributed by atoms with van der Waals surface area (Å²) in [5.74, 6) is -0.264. The minimum absolute atomic E-state index is 0.0639. The van der Waals surface area contributed by atoms with Crippen molar-refractivity contribution in [2.24, 2.45) is 0 Å². The van der Waals surface area contributed by atoms with Crippen molar-refractivity contribution in [3.63, 3.8) is 0 Å². The molecule has 2 nitrogen and oxygen atoms in total. The molecule has 1 N–H and O–H groups in total. The lowest BCUT2D eigenvalue weighted by molar-refractivity contribution is 0.298. The Morgan fingerprint density at radius 2 is 1.91 bits per heavy atom. The minimum Gasteiger partial charge on any atom is -0.376 e. The number of nitrogens with zero attached hydrogens (tertiary/aromatic N) is 1. The zero-order valence-corrected chi connectivity index (χ0v) is 6.29. The summed E-state index contributed by atoms with van der Waals surface area (Å²) in [6.07, 6.45) is 0. The second-order valence-corrected chi connectivity index (χ2v) is 2.32. The molecule has 0 aliphatic carbocycles. The maximum atomic E-state index is 12.4. The van der Waals surface area contributed by atoms with Crippen molar-refractivity contribution >= 4 is 5.69 Å². The monoisotopic (exact) mass is 155 g/mol. The fourth-order valence-corrected chi connectivity index (χ4v) is 0.777. The van der Waals surface area contributed by atoms with Crippen LogP contribution in [0.5, 0.6) is 0 Å². The molecule has 11 heavy (non-hydrogen) atoms. The van der Waals surface area contributed by atoms with E-state index in [1.54, 1.807) is 24.1 Å². The number of hydrogen-bond donors (Lipinski definition) is 1. The van der Waals surface area contributed by atoms with E-state index in [1.165, 1.54) is 12.1 Å². The Morgan fingerprint density at radius 1 is 1.36 bits per heavy atom. The number of benzene rings is 1. The Labute approximate surface area is 64.9 Å². The zero-order chi connectivity index (χ0) is 8.27. The fourth-order valence-electron chi connectivity index (χ4n) is 0.777. The summed E-state index contributed by atoms with van der Waals surface area (Å²) in [6.45, 7) is -0.0639. The van der Waals surface area contributed by atoms with Gasteiger partial charge in [-0.15, -0.1) is 0 Å². The first-order chi connectivity index (χ1) is 5.24. The molecule has 0 atom stereocenters. The number of halogens is 1. The van der Waals surface area contributed by atoms with E-state index in [-0.39, 0.29) is 12.5 Å². The number of aliphatic hydroxyl groups is 1. The van der Waals surface area contributed by atoms with Gasteiger partial charge in [-0.2, -0.15) is 0 Å². The van der Waals surface area contributed by atoms with Crippen LogP contribution in [-0.4, -0.2) is 18.9 Å². The van der Waals surface area contributed by atoms with Gasteiger partial charge in [-0.25, -0.2) is 4.39 Å². The Kier molecular flexibility index (Phi) is 2.44. The summed E-state index contributed by atoms with van der Waals surface area (Å²) >= 11 is 0. The summed E-state index contributed by atoms with van der Waals surface area (Å²) in [5, 5.41) is 8.69. The van der Waals surface area contributed by atoms with Crippen LogP contribution in [0.3, 0.4) is 0 Å². The molecule has 0 aromatic heterocycles. The molecule has 0 saturated heterocycles. The smallest absolute Gasteiger partial charge is 0.123 e. The molecule has 0 bridgehead atoms.